The van der Waals surface area contributed by atoms with Gasteiger partial charge in [0.25, 0.3) is 0 Å². The summed E-state index contributed by atoms with van der Waals surface area (Å²) in [7, 11) is 0. The van der Waals surface area contributed by atoms with Crippen molar-refractivity contribution in [3.8, 4) is 11.8 Å². The molecule has 0 heterocycles. The van der Waals surface area contributed by atoms with Crippen LogP contribution in [0.25, 0.3) is 0 Å². The summed E-state index contributed by atoms with van der Waals surface area (Å²) in [6.07, 6.45) is 6.30. The highest BCUT2D eigenvalue weighted by molar-refractivity contribution is 5.82. The Morgan fingerprint density at radius 2 is 2.19 bits per heavy atom. The van der Waals surface area contributed by atoms with Crippen molar-refractivity contribution in [1.82, 2.24) is 0 Å². The fraction of sp³-hybridized carbons (Fsp3) is 0.800. The molecule has 2 atom stereocenters. The van der Waals surface area contributed by atoms with Gasteiger partial charge in [-0.3, -0.25) is 4.79 Å². The van der Waals surface area contributed by atoms with Crippen LogP contribution in [0.2, 0.25) is 0 Å². The number of ketones is 1. The average Bonchev–Trinajstić information content (AvgIpc) is 2.24. The van der Waals surface area contributed by atoms with Gasteiger partial charge in [-0.25, -0.2) is 0 Å². The van der Waals surface area contributed by atoms with Crippen LogP contribution in [0.15, 0.2) is 0 Å². The third-order valence-corrected chi connectivity index (χ3v) is 3.40. The molecule has 1 aliphatic carbocycles. The van der Waals surface area contributed by atoms with Crippen LogP contribution in [-0.4, -0.2) is 5.78 Å². The lowest BCUT2D eigenvalue weighted by Gasteiger charge is -2.29. The second kappa shape index (κ2) is 6.74. The fourth-order valence-electron chi connectivity index (χ4n) is 2.53. The number of hydrogen-bond acceptors (Lipinski definition) is 1. The SMILES string of the molecule is CCCCC#C[C@H]1CCCC(=O)[C@@H]1C(C)C. The molecule has 0 aromatic carbocycles. The van der Waals surface area contributed by atoms with Crippen LogP contribution in [-0.2, 0) is 4.79 Å². The predicted octanol–water partition coefficient (Wildman–Crippen LogP) is 3.82. The van der Waals surface area contributed by atoms with E-state index in [2.05, 4.69) is 32.6 Å². The molecule has 0 aromatic rings. The molecule has 0 spiro atoms. The maximum atomic E-state index is 11.9. The smallest absolute Gasteiger partial charge is 0.137 e. The number of carbonyl (C=O) groups is 1. The summed E-state index contributed by atoms with van der Waals surface area (Å²) in [6, 6.07) is 0. The first kappa shape index (κ1) is 13.3. The van der Waals surface area contributed by atoms with Crippen molar-refractivity contribution in [2.45, 2.75) is 59.3 Å². The zero-order chi connectivity index (χ0) is 12.0. The Labute approximate surface area is 100 Å². The van der Waals surface area contributed by atoms with Gasteiger partial charge < -0.3 is 0 Å². The normalized spacial score (nSPS) is 25.4. The van der Waals surface area contributed by atoms with E-state index in [4.69, 9.17) is 0 Å². The molecule has 1 aliphatic rings. The number of rotatable bonds is 3. The van der Waals surface area contributed by atoms with Gasteiger partial charge >= 0.3 is 0 Å². The van der Waals surface area contributed by atoms with Gasteiger partial charge in [0.2, 0.25) is 0 Å². The standard InChI is InChI=1S/C15H24O/c1-4-5-6-7-9-13-10-8-11-14(16)15(13)12(2)3/h12-13,15H,4-6,8,10-11H2,1-3H3/t13-,15+/m0/s1. The van der Waals surface area contributed by atoms with Gasteiger partial charge in [0.05, 0.1) is 0 Å². The van der Waals surface area contributed by atoms with Crippen LogP contribution in [0, 0.1) is 29.6 Å². The third-order valence-electron chi connectivity index (χ3n) is 3.40. The topological polar surface area (TPSA) is 17.1 Å². The minimum absolute atomic E-state index is 0.197. The lowest BCUT2D eigenvalue weighted by molar-refractivity contribution is -0.127. The van der Waals surface area contributed by atoms with E-state index >= 15 is 0 Å². The Hall–Kier alpha value is -0.770. The van der Waals surface area contributed by atoms with E-state index in [1.807, 2.05) is 0 Å². The van der Waals surface area contributed by atoms with E-state index in [1.54, 1.807) is 0 Å². The van der Waals surface area contributed by atoms with Crippen molar-refractivity contribution in [2.24, 2.45) is 17.8 Å². The lowest BCUT2D eigenvalue weighted by atomic mass is 9.73. The van der Waals surface area contributed by atoms with Crippen LogP contribution >= 0.6 is 0 Å². The van der Waals surface area contributed by atoms with E-state index in [9.17, 15) is 4.79 Å². The monoisotopic (exact) mass is 220 g/mol. The number of carbonyl (C=O) groups excluding carboxylic acids is 1. The molecule has 90 valence electrons. The highest BCUT2D eigenvalue weighted by Gasteiger charge is 2.32. The van der Waals surface area contributed by atoms with E-state index < -0.39 is 0 Å². The molecule has 0 bridgehead atoms. The van der Waals surface area contributed by atoms with Crippen LogP contribution in [0.3, 0.4) is 0 Å². The molecule has 1 fully saturated rings. The summed E-state index contributed by atoms with van der Waals surface area (Å²) in [6.45, 7) is 6.48. The number of unbranched alkanes of at least 4 members (excludes halogenated alkanes) is 2. The minimum Gasteiger partial charge on any atom is -0.299 e. The Balaban J connectivity index is 2.60. The molecule has 0 N–H and O–H groups in total. The molecule has 0 radical (unpaired) electrons. The minimum atomic E-state index is 0.197. The summed E-state index contributed by atoms with van der Waals surface area (Å²) in [5.74, 6) is 8.02. The summed E-state index contributed by atoms with van der Waals surface area (Å²) in [5.41, 5.74) is 0. The van der Waals surface area contributed by atoms with Crippen LogP contribution in [0.4, 0.5) is 0 Å². The average molecular weight is 220 g/mol. The molecule has 1 rings (SSSR count). The first-order chi connectivity index (χ1) is 7.66. The zero-order valence-corrected chi connectivity index (χ0v) is 10.9. The van der Waals surface area contributed by atoms with Crippen molar-refractivity contribution in [3.63, 3.8) is 0 Å². The second-order valence-corrected chi connectivity index (χ2v) is 5.16. The summed E-state index contributed by atoms with van der Waals surface area (Å²) in [4.78, 5) is 11.9. The quantitative estimate of drug-likeness (QED) is 0.522. The van der Waals surface area contributed by atoms with Crippen LogP contribution < -0.4 is 0 Å². The Bertz CT molecular complexity index is 280. The Kier molecular flexibility index (Phi) is 5.60. The first-order valence-electron chi connectivity index (χ1n) is 6.68. The van der Waals surface area contributed by atoms with E-state index in [-0.39, 0.29) is 5.92 Å². The molecular weight excluding hydrogens is 196 g/mol. The maximum Gasteiger partial charge on any atom is 0.137 e. The molecule has 1 saturated carbocycles. The van der Waals surface area contributed by atoms with Gasteiger partial charge in [-0.1, -0.05) is 33.1 Å². The highest BCUT2D eigenvalue weighted by Crippen LogP contribution is 2.32. The van der Waals surface area contributed by atoms with Gasteiger partial charge in [0.15, 0.2) is 0 Å². The van der Waals surface area contributed by atoms with E-state index in [0.29, 0.717) is 17.6 Å². The molecular formula is C15H24O. The summed E-state index contributed by atoms with van der Waals surface area (Å²) in [5, 5.41) is 0. The van der Waals surface area contributed by atoms with E-state index in [1.165, 1.54) is 12.8 Å². The van der Waals surface area contributed by atoms with Gasteiger partial charge in [-0.15, -0.1) is 5.92 Å². The molecule has 0 amide bonds. The Morgan fingerprint density at radius 3 is 2.81 bits per heavy atom. The van der Waals surface area contributed by atoms with Gasteiger partial charge in [0.1, 0.15) is 5.78 Å². The molecule has 1 nitrogen and oxygen atoms in total. The van der Waals surface area contributed by atoms with Crippen LogP contribution in [0.5, 0.6) is 0 Å². The fourth-order valence-corrected chi connectivity index (χ4v) is 2.53. The number of Topliss-reactive ketones (excluding diaryl/α,β-unsaturated/α-hetero) is 1. The van der Waals surface area contributed by atoms with Gasteiger partial charge in [-0.2, -0.15) is 0 Å². The molecule has 0 aliphatic heterocycles. The predicted molar refractivity (Wildman–Crippen MR) is 68.0 cm³/mol. The largest absolute Gasteiger partial charge is 0.299 e. The molecule has 0 unspecified atom stereocenters. The Morgan fingerprint density at radius 1 is 1.44 bits per heavy atom. The van der Waals surface area contributed by atoms with Crippen molar-refractivity contribution >= 4 is 5.78 Å². The van der Waals surface area contributed by atoms with E-state index in [0.717, 1.165) is 25.7 Å². The first-order valence-corrected chi connectivity index (χ1v) is 6.68. The highest BCUT2D eigenvalue weighted by atomic mass is 16.1. The van der Waals surface area contributed by atoms with Crippen molar-refractivity contribution in [1.29, 1.82) is 0 Å². The van der Waals surface area contributed by atoms with Crippen molar-refractivity contribution in [2.75, 3.05) is 0 Å². The van der Waals surface area contributed by atoms with Crippen LogP contribution in [0.1, 0.15) is 59.3 Å². The van der Waals surface area contributed by atoms with Gasteiger partial charge in [0, 0.05) is 24.7 Å². The summed E-state index contributed by atoms with van der Waals surface area (Å²) < 4.78 is 0. The molecule has 16 heavy (non-hydrogen) atoms. The summed E-state index contributed by atoms with van der Waals surface area (Å²) >= 11 is 0. The molecule has 1 heteroatoms. The second-order valence-electron chi connectivity index (χ2n) is 5.16. The number of hydrogen-bond donors (Lipinski definition) is 0. The molecule has 0 saturated heterocycles. The lowest BCUT2D eigenvalue weighted by Crippen LogP contribution is -2.31. The zero-order valence-electron chi connectivity index (χ0n) is 10.9. The molecule has 0 aromatic heterocycles. The maximum absolute atomic E-state index is 11.9. The van der Waals surface area contributed by atoms with Crippen molar-refractivity contribution in [3.05, 3.63) is 0 Å². The van der Waals surface area contributed by atoms with Gasteiger partial charge in [-0.05, 0) is 25.2 Å². The van der Waals surface area contributed by atoms with Crippen molar-refractivity contribution < 1.29 is 4.79 Å². The third kappa shape index (κ3) is 3.67.